The number of halogens is 1. The van der Waals surface area contributed by atoms with Crippen LogP contribution in [0.25, 0.3) is 22.2 Å². The van der Waals surface area contributed by atoms with E-state index in [2.05, 4.69) is 0 Å². The fourth-order valence-electron chi connectivity index (χ4n) is 4.37. The Hall–Kier alpha value is -4.16. The quantitative estimate of drug-likeness (QED) is 0.273. The molecule has 0 amide bonds. The van der Waals surface area contributed by atoms with Gasteiger partial charge in [0.1, 0.15) is 17.6 Å². The number of rotatable bonds is 5. The zero-order chi connectivity index (χ0) is 23.8. The molecule has 5 aromatic rings. The molecule has 7 heteroatoms. The number of aromatic nitrogens is 2. The Balaban J connectivity index is 1.51. The monoisotopic (exact) mass is 480 g/mol. The highest BCUT2D eigenvalue weighted by Crippen LogP contribution is 2.38. The predicted molar refractivity (Wildman–Crippen MR) is 138 cm³/mol. The maximum absolute atomic E-state index is 6.15. The van der Waals surface area contributed by atoms with Gasteiger partial charge in [0.05, 0.1) is 30.3 Å². The number of ether oxygens (including phenoxy) is 1. The molecule has 0 N–H and O–H groups in total. The summed E-state index contributed by atoms with van der Waals surface area (Å²) >= 11 is 6.15. The second kappa shape index (κ2) is 8.89. The molecule has 6 rings (SSSR count). The first-order chi connectivity index (χ1) is 17.2. The molecule has 0 aliphatic carbocycles. The van der Waals surface area contributed by atoms with Gasteiger partial charge in [-0.05, 0) is 42.5 Å². The Morgan fingerprint density at radius 1 is 0.914 bits per heavy atom. The standard InChI is InChI=1S/C28H21ClN4O2/c1-34-21-7-4-6-19(16-21)24-17-25(26-10-5-15-35-26)33(32-24)28-30-23-9-3-2-8-22(23)27(31-28)18-11-13-20(29)14-12-18/h2-16,25H,17H2,1H3/t25-/m1/s1. The summed E-state index contributed by atoms with van der Waals surface area (Å²) in [6.45, 7) is 0. The van der Waals surface area contributed by atoms with Crippen LogP contribution in [0.3, 0.4) is 0 Å². The van der Waals surface area contributed by atoms with Crippen LogP contribution in [0.2, 0.25) is 5.02 Å². The zero-order valence-electron chi connectivity index (χ0n) is 18.9. The summed E-state index contributed by atoms with van der Waals surface area (Å²) in [6.07, 6.45) is 2.32. The van der Waals surface area contributed by atoms with E-state index < -0.39 is 0 Å². The van der Waals surface area contributed by atoms with Crippen molar-refractivity contribution in [2.75, 3.05) is 12.1 Å². The maximum Gasteiger partial charge on any atom is 0.248 e. The topological polar surface area (TPSA) is 63.8 Å². The summed E-state index contributed by atoms with van der Waals surface area (Å²) in [4.78, 5) is 9.90. The number of furan rings is 1. The molecule has 0 saturated carbocycles. The third-order valence-corrected chi connectivity index (χ3v) is 6.35. The molecule has 172 valence electrons. The van der Waals surface area contributed by atoms with Crippen molar-refractivity contribution in [1.82, 2.24) is 9.97 Å². The number of hydrazone groups is 1. The van der Waals surface area contributed by atoms with Gasteiger partial charge >= 0.3 is 0 Å². The van der Waals surface area contributed by atoms with Crippen LogP contribution in [0.5, 0.6) is 5.75 Å². The highest BCUT2D eigenvalue weighted by molar-refractivity contribution is 6.30. The first-order valence-corrected chi connectivity index (χ1v) is 11.6. The number of hydrogen-bond acceptors (Lipinski definition) is 6. The van der Waals surface area contributed by atoms with Crippen molar-refractivity contribution in [2.24, 2.45) is 5.10 Å². The molecule has 6 nitrogen and oxygen atoms in total. The smallest absolute Gasteiger partial charge is 0.248 e. The molecular formula is C28H21ClN4O2. The molecule has 0 saturated heterocycles. The van der Waals surface area contributed by atoms with E-state index in [9.17, 15) is 0 Å². The van der Waals surface area contributed by atoms with Crippen LogP contribution in [0.15, 0.2) is 101 Å². The number of benzene rings is 3. The summed E-state index contributed by atoms with van der Waals surface area (Å²) in [7, 11) is 1.66. The van der Waals surface area contributed by atoms with Crippen LogP contribution in [0, 0.1) is 0 Å². The zero-order valence-corrected chi connectivity index (χ0v) is 19.7. The van der Waals surface area contributed by atoms with Gasteiger partial charge in [-0.3, -0.25) is 0 Å². The highest BCUT2D eigenvalue weighted by Gasteiger charge is 2.34. The van der Waals surface area contributed by atoms with Gasteiger partial charge in [-0.15, -0.1) is 0 Å². The number of nitrogens with zero attached hydrogens (tertiary/aromatic N) is 4. The summed E-state index contributed by atoms with van der Waals surface area (Å²) in [5.74, 6) is 2.09. The molecule has 3 aromatic carbocycles. The second-order valence-corrected chi connectivity index (χ2v) is 8.69. The summed E-state index contributed by atoms with van der Waals surface area (Å²) in [5, 5.41) is 8.49. The van der Waals surface area contributed by atoms with E-state index in [-0.39, 0.29) is 6.04 Å². The van der Waals surface area contributed by atoms with E-state index >= 15 is 0 Å². The predicted octanol–water partition coefficient (Wildman–Crippen LogP) is 6.91. The van der Waals surface area contributed by atoms with Crippen LogP contribution in [0.4, 0.5) is 5.95 Å². The van der Waals surface area contributed by atoms with Crippen molar-refractivity contribution in [1.29, 1.82) is 0 Å². The molecule has 0 unspecified atom stereocenters. The Kier molecular flexibility index (Phi) is 5.43. The largest absolute Gasteiger partial charge is 0.497 e. The number of methoxy groups -OCH3 is 1. The van der Waals surface area contributed by atoms with Crippen molar-refractivity contribution in [3.05, 3.63) is 108 Å². The molecule has 0 bridgehead atoms. The third-order valence-electron chi connectivity index (χ3n) is 6.10. The molecule has 2 aromatic heterocycles. The molecule has 1 atom stereocenters. The first-order valence-electron chi connectivity index (χ1n) is 11.3. The third kappa shape index (κ3) is 4.02. The summed E-state index contributed by atoms with van der Waals surface area (Å²) in [5.41, 5.74) is 4.52. The maximum atomic E-state index is 6.15. The number of hydrogen-bond donors (Lipinski definition) is 0. The first kappa shape index (κ1) is 21.4. The van der Waals surface area contributed by atoms with Gasteiger partial charge in [-0.25, -0.2) is 15.0 Å². The van der Waals surface area contributed by atoms with Crippen molar-refractivity contribution in [3.8, 4) is 17.0 Å². The molecule has 0 radical (unpaired) electrons. The van der Waals surface area contributed by atoms with E-state index in [1.165, 1.54) is 0 Å². The minimum Gasteiger partial charge on any atom is -0.497 e. The van der Waals surface area contributed by atoms with Gasteiger partial charge in [-0.1, -0.05) is 54.1 Å². The lowest BCUT2D eigenvalue weighted by Gasteiger charge is -2.21. The van der Waals surface area contributed by atoms with E-state index in [0.717, 1.165) is 44.9 Å². The van der Waals surface area contributed by atoms with Gasteiger partial charge in [-0.2, -0.15) is 5.10 Å². The molecule has 1 aliphatic rings. The molecule has 3 heterocycles. The van der Waals surface area contributed by atoms with E-state index in [4.69, 9.17) is 35.8 Å². The van der Waals surface area contributed by atoms with E-state index in [1.54, 1.807) is 13.4 Å². The second-order valence-electron chi connectivity index (χ2n) is 8.25. The van der Waals surface area contributed by atoms with Crippen molar-refractivity contribution >= 4 is 34.2 Å². The Bertz CT molecular complexity index is 1530. The fourth-order valence-corrected chi connectivity index (χ4v) is 4.50. The lowest BCUT2D eigenvalue weighted by atomic mass is 10.0. The molecule has 0 fully saturated rings. The lowest BCUT2D eigenvalue weighted by Crippen LogP contribution is -2.20. The number of para-hydroxylation sites is 1. The normalized spacial score (nSPS) is 15.4. The van der Waals surface area contributed by atoms with Gasteiger partial charge in [0.25, 0.3) is 0 Å². The lowest BCUT2D eigenvalue weighted by molar-refractivity contribution is 0.414. The average molecular weight is 481 g/mol. The fraction of sp³-hybridized carbons (Fsp3) is 0.107. The number of anilines is 1. The van der Waals surface area contributed by atoms with Crippen LogP contribution in [0.1, 0.15) is 23.8 Å². The van der Waals surface area contributed by atoms with Crippen LogP contribution in [-0.4, -0.2) is 22.8 Å². The van der Waals surface area contributed by atoms with Crippen molar-refractivity contribution < 1.29 is 9.15 Å². The number of fused-ring (bicyclic) bond motifs is 1. The molecular weight excluding hydrogens is 460 g/mol. The van der Waals surface area contributed by atoms with Gasteiger partial charge < -0.3 is 9.15 Å². The Labute approximate surface area is 207 Å². The van der Waals surface area contributed by atoms with Crippen LogP contribution >= 0.6 is 11.6 Å². The Morgan fingerprint density at radius 3 is 2.57 bits per heavy atom. The average Bonchev–Trinajstić information content (AvgIpc) is 3.59. The van der Waals surface area contributed by atoms with Gasteiger partial charge in [0.2, 0.25) is 5.95 Å². The van der Waals surface area contributed by atoms with Gasteiger partial charge in [0.15, 0.2) is 0 Å². The van der Waals surface area contributed by atoms with Crippen molar-refractivity contribution in [3.63, 3.8) is 0 Å². The minimum atomic E-state index is -0.176. The summed E-state index contributed by atoms with van der Waals surface area (Å²) < 4.78 is 11.2. The molecule has 1 aliphatic heterocycles. The minimum absolute atomic E-state index is 0.176. The van der Waals surface area contributed by atoms with E-state index in [0.29, 0.717) is 17.4 Å². The van der Waals surface area contributed by atoms with Crippen LogP contribution in [-0.2, 0) is 0 Å². The van der Waals surface area contributed by atoms with E-state index in [1.807, 2.05) is 89.9 Å². The Morgan fingerprint density at radius 2 is 1.77 bits per heavy atom. The highest BCUT2D eigenvalue weighted by atomic mass is 35.5. The molecule has 0 spiro atoms. The summed E-state index contributed by atoms with van der Waals surface area (Å²) in [6, 6.07) is 27.2. The van der Waals surface area contributed by atoms with Crippen LogP contribution < -0.4 is 9.75 Å². The van der Waals surface area contributed by atoms with Gasteiger partial charge in [0, 0.05) is 28.0 Å². The molecule has 35 heavy (non-hydrogen) atoms. The van der Waals surface area contributed by atoms with Crippen molar-refractivity contribution in [2.45, 2.75) is 12.5 Å². The SMILES string of the molecule is COc1cccc(C2=NN(c3nc(-c4ccc(Cl)cc4)c4ccccc4n3)[C@@H](c3ccco3)C2)c1.